The van der Waals surface area contributed by atoms with Crippen molar-refractivity contribution in [2.75, 3.05) is 28.4 Å². The van der Waals surface area contributed by atoms with Gasteiger partial charge >= 0.3 is 0 Å². The molecule has 0 atom stereocenters. The maximum Gasteiger partial charge on any atom is 0.231 e. The summed E-state index contributed by atoms with van der Waals surface area (Å²) in [5.74, 6) is 1.70. The highest BCUT2D eigenvalue weighted by atomic mass is 16.5. The van der Waals surface area contributed by atoms with Crippen molar-refractivity contribution >= 4 is 28.5 Å². The molecule has 0 radical (unpaired) electrons. The summed E-state index contributed by atoms with van der Waals surface area (Å²) < 4.78 is 27.5. The summed E-state index contributed by atoms with van der Waals surface area (Å²) in [6, 6.07) is 17.9. The van der Waals surface area contributed by atoms with Gasteiger partial charge in [-0.15, -0.1) is 0 Å². The molecular weight excluding hydrogens is 422 g/mol. The minimum atomic E-state index is -0.316. The van der Waals surface area contributed by atoms with Gasteiger partial charge in [0.15, 0.2) is 22.9 Å². The lowest BCUT2D eigenvalue weighted by Crippen LogP contribution is -2.05. The first kappa shape index (κ1) is 22.0. The quantitative estimate of drug-likeness (QED) is 0.269. The zero-order valence-corrected chi connectivity index (χ0v) is 18.7. The third kappa shape index (κ3) is 4.39. The summed E-state index contributed by atoms with van der Waals surface area (Å²) >= 11 is 0. The zero-order valence-electron chi connectivity index (χ0n) is 18.7. The molecule has 0 spiro atoms. The van der Waals surface area contributed by atoms with E-state index >= 15 is 0 Å². The zero-order chi connectivity index (χ0) is 23.4. The third-order valence-corrected chi connectivity index (χ3v) is 5.10. The number of para-hydroxylation sites is 2. The molecule has 0 saturated heterocycles. The highest BCUT2D eigenvalue weighted by Crippen LogP contribution is 2.39. The summed E-state index contributed by atoms with van der Waals surface area (Å²) in [4.78, 5) is 18.3. The molecule has 7 heteroatoms. The van der Waals surface area contributed by atoms with Crippen LogP contribution in [0.15, 0.2) is 65.1 Å². The van der Waals surface area contributed by atoms with Gasteiger partial charge in [-0.2, -0.15) is 0 Å². The largest absolute Gasteiger partial charge is 0.497 e. The fourth-order valence-corrected chi connectivity index (χ4v) is 3.48. The Kier molecular flexibility index (Phi) is 6.31. The van der Waals surface area contributed by atoms with Crippen LogP contribution in [-0.4, -0.2) is 39.2 Å². The number of ether oxygens (including phenoxy) is 4. The fraction of sp³-hybridized carbons (Fsp3) is 0.154. The van der Waals surface area contributed by atoms with Crippen LogP contribution >= 0.6 is 0 Å². The minimum Gasteiger partial charge on any atom is -0.497 e. The number of carbonyl (C=O) groups excluding carboxylic acids is 1. The van der Waals surface area contributed by atoms with Crippen LogP contribution in [0, 0.1) is 0 Å². The van der Waals surface area contributed by atoms with Crippen molar-refractivity contribution in [2.45, 2.75) is 0 Å². The summed E-state index contributed by atoms with van der Waals surface area (Å²) in [6.45, 7) is 0. The van der Waals surface area contributed by atoms with E-state index < -0.39 is 0 Å². The Morgan fingerprint density at radius 3 is 2.21 bits per heavy atom. The Bertz CT molecular complexity index is 1280. The molecule has 0 amide bonds. The molecule has 0 aliphatic carbocycles. The number of ketones is 1. The first-order chi connectivity index (χ1) is 16.1. The molecule has 4 aromatic rings. The number of oxazole rings is 1. The van der Waals surface area contributed by atoms with Crippen molar-refractivity contribution in [3.63, 3.8) is 0 Å². The number of nitrogens with zero attached hydrogens (tertiary/aromatic N) is 1. The molecule has 0 N–H and O–H groups in total. The van der Waals surface area contributed by atoms with Crippen molar-refractivity contribution in [3.05, 3.63) is 77.7 Å². The number of carbonyl (C=O) groups is 1. The Balaban J connectivity index is 1.89. The van der Waals surface area contributed by atoms with E-state index in [1.165, 1.54) is 21.3 Å². The van der Waals surface area contributed by atoms with Crippen molar-refractivity contribution < 1.29 is 28.2 Å². The molecule has 0 aliphatic rings. The summed E-state index contributed by atoms with van der Waals surface area (Å²) in [7, 11) is 6.10. The van der Waals surface area contributed by atoms with Crippen LogP contribution in [0.5, 0.6) is 23.0 Å². The molecule has 1 aromatic heterocycles. The molecule has 0 aliphatic heterocycles. The van der Waals surface area contributed by atoms with Crippen LogP contribution in [0.4, 0.5) is 0 Å². The van der Waals surface area contributed by atoms with Crippen LogP contribution in [0.25, 0.3) is 22.7 Å². The van der Waals surface area contributed by atoms with Crippen molar-refractivity contribution in [1.82, 2.24) is 4.98 Å². The van der Waals surface area contributed by atoms with Gasteiger partial charge in [-0.05, 0) is 48.0 Å². The van der Waals surface area contributed by atoms with Crippen LogP contribution in [0.1, 0.15) is 21.8 Å². The Morgan fingerprint density at radius 2 is 1.58 bits per heavy atom. The Labute approximate surface area is 191 Å². The van der Waals surface area contributed by atoms with E-state index in [0.29, 0.717) is 39.7 Å². The second kappa shape index (κ2) is 9.48. The monoisotopic (exact) mass is 445 g/mol. The van der Waals surface area contributed by atoms with Crippen LogP contribution in [0.3, 0.4) is 0 Å². The van der Waals surface area contributed by atoms with E-state index in [1.807, 2.05) is 42.5 Å². The number of hydrogen-bond acceptors (Lipinski definition) is 7. The molecule has 3 aromatic carbocycles. The average Bonchev–Trinajstić information content (AvgIpc) is 3.30. The number of methoxy groups -OCH3 is 4. The van der Waals surface area contributed by atoms with Gasteiger partial charge in [0.05, 0.1) is 34.0 Å². The number of Topliss-reactive ketones (excluding diaryl/α,β-unsaturated/α-hetero) is 1. The molecule has 4 rings (SSSR count). The molecule has 168 valence electrons. The maximum atomic E-state index is 13.8. The number of fused-ring (bicyclic) bond motifs is 1. The molecule has 0 fully saturated rings. The normalized spacial score (nSPS) is 11.3. The molecule has 1 heterocycles. The number of benzene rings is 3. The Morgan fingerprint density at radius 1 is 0.848 bits per heavy atom. The van der Waals surface area contributed by atoms with Crippen LogP contribution in [-0.2, 0) is 0 Å². The molecule has 0 bridgehead atoms. The van der Waals surface area contributed by atoms with Gasteiger partial charge in [0.25, 0.3) is 0 Å². The number of hydrogen-bond donors (Lipinski definition) is 0. The lowest BCUT2D eigenvalue weighted by molar-refractivity contribution is 0.105. The molecule has 0 unspecified atom stereocenters. The average molecular weight is 445 g/mol. The van der Waals surface area contributed by atoms with E-state index in [4.69, 9.17) is 23.4 Å². The van der Waals surface area contributed by atoms with Gasteiger partial charge in [-0.25, -0.2) is 4.98 Å². The minimum absolute atomic E-state index is 0.206. The fourth-order valence-electron chi connectivity index (χ4n) is 3.48. The molecular formula is C26H23NO6. The lowest BCUT2D eigenvalue weighted by atomic mass is 9.99. The molecule has 33 heavy (non-hydrogen) atoms. The van der Waals surface area contributed by atoms with Crippen molar-refractivity contribution in [1.29, 1.82) is 0 Å². The summed E-state index contributed by atoms with van der Waals surface area (Å²) in [6.07, 6.45) is 1.72. The van der Waals surface area contributed by atoms with Crippen LogP contribution in [0.2, 0.25) is 0 Å². The van der Waals surface area contributed by atoms with E-state index in [-0.39, 0.29) is 17.2 Å². The predicted molar refractivity (Wildman–Crippen MR) is 125 cm³/mol. The first-order valence-corrected chi connectivity index (χ1v) is 10.1. The Hall–Kier alpha value is -4.26. The van der Waals surface area contributed by atoms with Gasteiger partial charge in [0, 0.05) is 5.56 Å². The first-order valence-electron chi connectivity index (χ1n) is 10.1. The highest BCUT2D eigenvalue weighted by Gasteiger charge is 2.24. The van der Waals surface area contributed by atoms with E-state index in [2.05, 4.69) is 4.98 Å². The van der Waals surface area contributed by atoms with Gasteiger partial charge in [0.2, 0.25) is 11.6 Å². The SMILES string of the molecule is COc1cccc(C=C(C(=O)c2cc(OC)c(OC)c(OC)c2)c2nc3ccccc3o2)c1. The second-order valence-corrected chi connectivity index (χ2v) is 7.06. The third-order valence-electron chi connectivity index (χ3n) is 5.10. The molecule has 0 saturated carbocycles. The summed E-state index contributed by atoms with van der Waals surface area (Å²) in [5.41, 5.74) is 2.60. The second-order valence-electron chi connectivity index (χ2n) is 7.06. The standard InChI is InChI=1S/C26H23NO6/c1-29-18-9-7-8-16(12-18)13-19(26-27-20-10-5-6-11-21(20)33-26)24(28)17-14-22(30-2)25(32-4)23(15-17)31-3/h5-15H,1-4H3. The smallest absolute Gasteiger partial charge is 0.231 e. The predicted octanol–water partition coefficient (Wildman–Crippen LogP) is 5.29. The lowest BCUT2D eigenvalue weighted by Gasteiger charge is -2.14. The van der Waals surface area contributed by atoms with E-state index in [9.17, 15) is 4.79 Å². The van der Waals surface area contributed by atoms with Crippen molar-refractivity contribution in [3.8, 4) is 23.0 Å². The highest BCUT2D eigenvalue weighted by molar-refractivity contribution is 6.31. The van der Waals surface area contributed by atoms with Gasteiger partial charge in [-0.1, -0.05) is 24.3 Å². The van der Waals surface area contributed by atoms with Gasteiger partial charge in [0.1, 0.15) is 11.3 Å². The van der Waals surface area contributed by atoms with E-state index in [0.717, 1.165) is 5.56 Å². The van der Waals surface area contributed by atoms with Gasteiger partial charge < -0.3 is 23.4 Å². The van der Waals surface area contributed by atoms with E-state index in [1.54, 1.807) is 31.4 Å². The summed E-state index contributed by atoms with van der Waals surface area (Å²) in [5, 5.41) is 0. The maximum absolute atomic E-state index is 13.8. The number of rotatable bonds is 8. The number of allylic oxidation sites excluding steroid dienone is 1. The van der Waals surface area contributed by atoms with Gasteiger partial charge in [-0.3, -0.25) is 4.79 Å². The number of aromatic nitrogens is 1. The van der Waals surface area contributed by atoms with Crippen molar-refractivity contribution in [2.24, 2.45) is 0 Å². The molecule has 7 nitrogen and oxygen atoms in total. The topological polar surface area (TPSA) is 80.0 Å². The van der Waals surface area contributed by atoms with Crippen LogP contribution < -0.4 is 18.9 Å².